The first kappa shape index (κ1) is 19.5. The van der Waals surface area contributed by atoms with Crippen molar-refractivity contribution in [3.8, 4) is 0 Å². The van der Waals surface area contributed by atoms with Gasteiger partial charge in [-0.15, -0.1) is 0 Å². The monoisotopic (exact) mass is 346 g/mol. The fourth-order valence-electron chi connectivity index (χ4n) is 2.56. The van der Waals surface area contributed by atoms with Crippen molar-refractivity contribution in [3.63, 3.8) is 0 Å². The van der Waals surface area contributed by atoms with Gasteiger partial charge in [0.25, 0.3) is 0 Å². The third-order valence-corrected chi connectivity index (χ3v) is 4.65. The van der Waals surface area contributed by atoms with E-state index in [1.807, 2.05) is 0 Å². The van der Waals surface area contributed by atoms with E-state index in [0.717, 1.165) is 37.8 Å². The SMILES string of the molecule is CN1CCN(C(=NCC(C)(C)CN)Nc2ccc(N(C)C)cc2)CC1. The Balaban J connectivity index is 2.14. The Morgan fingerprint density at radius 3 is 2.28 bits per heavy atom. The fourth-order valence-corrected chi connectivity index (χ4v) is 2.56. The zero-order valence-electron chi connectivity index (χ0n) is 16.4. The molecule has 1 aromatic carbocycles. The molecule has 0 unspecified atom stereocenters. The van der Waals surface area contributed by atoms with E-state index in [0.29, 0.717) is 13.1 Å². The maximum atomic E-state index is 5.87. The number of hydrogen-bond acceptors (Lipinski definition) is 4. The molecule has 140 valence electrons. The highest BCUT2D eigenvalue weighted by molar-refractivity contribution is 5.94. The van der Waals surface area contributed by atoms with Gasteiger partial charge < -0.3 is 25.8 Å². The highest BCUT2D eigenvalue weighted by Gasteiger charge is 2.20. The van der Waals surface area contributed by atoms with Crippen LogP contribution in [0.3, 0.4) is 0 Å². The maximum absolute atomic E-state index is 5.87. The molecule has 1 aliphatic rings. The van der Waals surface area contributed by atoms with E-state index in [1.165, 1.54) is 5.69 Å². The van der Waals surface area contributed by atoms with E-state index in [9.17, 15) is 0 Å². The van der Waals surface area contributed by atoms with Crippen molar-refractivity contribution in [2.75, 3.05) is 70.6 Å². The van der Waals surface area contributed by atoms with Crippen molar-refractivity contribution in [2.24, 2.45) is 16.1 Å². The molecule has 6 heteroatoms. The Morgan fingerprint density at radius 1 is 1.16 bits per heavy atom. The number of hydrogen-bond donors (Lipinski definition) is 2. The average Bonchev–Trinajstić information content (AvgIpc) is 2.60. The minimum atomic E-state index is 0.00822. The van der Waals surface area contributed by atoms with Gasteiger partial charge in [-0.3, -0.25) is 4.99 Å². The summed E-state index contributed by atoms with van der Waals surface area (Å²) < 4.78 is 0. The van der Waals surface area contributed by atoms with E-state index >= 15 is 0 Å². The van der Waals surface area contributed by atoms with Crippen LogP contribution in [0.5, 0.6) is 0 Å². The molecule has 0 atom stereocenters. The number of piperazine rings is 1. The van der Waals surface area contributed by atoms with Crippen LogP contribution in [0.4, 0.5) is 11.4 Å². The second-order valence-electron chi connectivity index (χ2n) is 7.86. The zero-order chi connectivity index (χ0) is 18.4. The van der Waals surface area contributed by atoms with Crippen molar-refractivity contribution in [1.82, 2.24) is 9.80 Å². The van der Waals surface area contributed by atoms with Crippen LogP contribution in [-0.2, 0) is 0 Å². The van der Waals surface area contributed by atoms with Crippen molar-refractivity contribution in [2.45, 2.75) is 13.8 Å². The second kappa shape index (κ2) is 8.54. The average molecular weight is 347 g/mol. The predicted molar refractivity (Wildman–Crippen MR) is 109 cm³/mol. The number of anilines is 2. The van der Waals surface area contributed by atoms with Crippen molar-refractivity contribution in [1.29, 1.82) is 0 Å². The van der Waals surface area contributed by atoms with Crippen LogP contribution in [0.15, 0.2) is 29.3 Å². The molecule has 3 N–H and O–H groups in total. The van der Waals surface area contributed by atoms with Crippen LogP contribution >= 0.6 is 0 Å². The summed E-state index contributed by atoms with van der Waals surface area (Å²) in [5.74, 6) is 0.951. The van der Waals surface area contributed by atoms with Gasteiger partial charge in [-0.1, -0.05) is 13.8 Å². The molecule has 0 aromatic heterocycles. The molecule has 0 radical (unpaired) electrons. The van der Waals surface area contributed by atoms with Gasteiger partial charge in [-0.25, -0.2) is 0 Å². The van der Waals surface area contributed by atoms with Crippen LogP contribution < -0.4 is 16.0 Å². The number of aliphatic imine (C=N–C) groups is 1. The molecule has 1 fully saturated rings. The van der Waals surface area contributed by atoms with Crippen LogP contribution in [0.2, 0.25) is 0 Å². The minimum Gasteiger partial charge on any atom is -0.378 e. The highest BCUT2D eigenvalue weighted by atomic mass is 15.3. The molecule has 0 saturated carbocycles. The summed E-state index contributed by atoms with van der Waals surface area (Å²) in [6, 6.07) is 8.45. The highest BCUT2D eigenvalue weighted by Crippen LogP contribution is 2.18. The summed E-state index contributed by atoms with van der Waals surface area (Å²) in [4.78, 5) is 11.7. The van der Waals surface area contributed by atoms with E-state index in [1.54, 1.807) is 0 Å². The molecule has 1 aliphatic heterocycles. The topological polar surface area (TPSA) is 60.1 Å². The number of guanidine groups is 1. The zero-order valence-corrected chi connectivity index (χ0v) is 16.4. The number of nitrogens with two attached hydrogens (primary N) is 1. The lowest BCUT2D eigenvalue weighted by Gasteiger charge is -2.35. The lowest BCUT2D eigenvalue weighted by atomic mass is 9.94. The quantitative estimate of drug-likeness (QED) is 0.628. The Hall–Kier alpha value is -1.79. The summed E-state index contributed by atoms with van der Waals surface area (Å²) in [5.41, 5.74) is 8.13. The first-order chi connectivity index (χ1) is 11.8. The molecule has 0 aliphatic carbocycles. The largest absolute Gasteiger partial charge is 0.378 e. The van der Waals surface area contributed by atoms with Crippen LogP contribution in [0, 0.1) is 5.41 Å². The first-order valence-electron chi connectivity index (χ1n) is 9.03. The molecule has 1 aromatic rings. The van der Waals surface area contributed by atoms with Gasteiger partial charge in [0.2, 0.25) is 0 Å². The summed E-state index contributed by atoms with van der Waals surface area (Å²) in [7, 11) is 6.27. The van der Waals surface area contributed by atoms with Gasteiger partial charge in [0.15, 0.2) is 5.96 Å². The van der Waals surface area contributed by atoms with Gasteiger partial charge in [-0.2, -0.15) is 0 Å². The Kier molecular flexibility index (Phi) is 6.67. The molecule has 0 bridgehead atoms. The summed E-state index contributed by atoms with van der Waals surface area (Å²) in [6.45, 7) is 9.75. The molecule has 0 amide bonds. The Labute approximate surface area is 152 Å². The molecule has 1 heterocycles. The lowest BCUT2D eigenvalue weighted by Crippen LogP contribution is -2.49. The van der Waals surface area contributed by atoms with E-state index in [-0.39, 0.29) is 5.41 Å². The van der Waals surface area contributed by atoms with E-state index < -0.39 is 0 Å². The Morgan fingerprint density at radius 2 is 1.76 bits per heavy atom. The van der Waals surface area contributed by atoms with E-state index in [4.69, 9.17) is 10.7 Å². The number of nitrogens with one attached hydrogen (secondary N) is 1. The minimum absolute atomic E-state index is 0.00822. The third-order valence-electron chi connectivity index (χ3n) is 4.65. The van der Waals surface area contributed by atoms with Crippen LogP contribution in [0.1, 0.15) is 13.8 Å². The smallest absolute Gasteiger partial charge is 0.198 e. The number of likely N-dealkylation sites (N-methyl/N-ethyl adjacent to an activating group) is 1. The van der Waals surface area contributed by atoms with Crippen LogP contribution in [-0.4, -0.2) is 76.2 Å². The maximum Gasteiger partial charge on any atom is 0.198 e. The number of nitrogens with zero attached hydrogens (tertiary/aromatic N) is 4. The normalized spacial score (nSPS) is 16.9. The predicted octanol–water partition coefficient (Wildman–Crippen LogP) is 1.75. The third kappa shape index (κ3) is 5.90. The number of benzene rings is 1. The molecule has 0 spiro atoms. The van der Waals surface area contributed by atoms with Gasteiger partial charge in [0, 0.05) is 58.2 Å². The molecule has 1 saturated heterocycles. The summed E-state index contributed by atoms with van der Waals surface area (Å²) >= 11 is 0. The lowest BCUT2D eigenvalue weighted by molar-refractivity contribution is 0.214. The van der Waals surface area contributed by atoms with Gasteiger partial charge in [0.05, 0.1) is 0 Å². The molecule has 6 nitrogen and oxygen atoms in total. The van der Waals surface area contributed by atoms with E-state index in [2.05, 4.69) is 79.3 Å². The van der Waals surface area contributed by atoms with Crippen molar-refractivity contribution in [3.05, 3.63) is 24.3 Å². The summed E-state index contributed by atoms with van der Waals surface area (Å²) in [5, 5.41) is 3.52. The number of rotatable bonds is 5. The molecular weight excluding hydrogens is 312 g/mol. The standard InChI is InChI=1S/C19H34N6/c1-19(2,14-20)15-21-18(25-12-10-24(5)11-13-25)22-16-6-8-17(9-7-16)23(3)4/h6-9H,10-15,20H2,1-5H3,(H,21,22). The van der Waals surface area contributed by atoms with Crippen molar-refractivity contribution < 1.29 is 0 Å². The Bertz CT molecular complexity index is 556. The fraction of sp³-hybridized carbons (Fsp3) is 0.632. The van der Waals surface area contributed by atoms with Gasteiger partial charge in [-0.05, 0) is 43.3 Å². The molecule has 2 rings (SSSR count). The van der Waals surface area contributed by atoms with Crippen LogP contribution in [0.25, 0.3) is 0 Å². The van der Waals surface area contributed by atoms with Gasteiger partial charge in [0.1, 0.15) is 0 Å². The van der Waals surface area contributed by atoms with Crippen molar-refractivity contribution >= 4 is 17.3 Å². The van der Waals surface area contributed by atoms with Gasteiger partial charge >= 0.3 is 0 Å². The first-order valence-corrected chi connectivity index (χ1v) is 9.03. The molecule has 25 heavy (non-hydrogen) atoms. The second-order valence-corrected chi connectivity index (χ2v) is 7.86. The molecular formula is C19H34N6. The summed E-state index contributed by atoms with van der Waals surface area (Å²) in [6.07, 6.45) is 0.